The Morgan fingerprint density at radius 3 is 2.47 bits per heavy atom. The molecule has 6 rings (SSSR count). The molecule has 3 heterocycles. The number of amides is 4. The molecule has 2 aromatic rings. The predicted molar refractivity (Wildman–Crippen MR) is 207 cm³/mol. The average Bonchev–Trinajstić information content (AvgIpc) is 3.58. The lowest BCUT2D eigenvalue weighted by atomic mass is 9.83. The Bertz CT molecular complexity index is 1670. The largest absolute Gasteiger partial charge is 0.465 e. The first-order chi connectivity index (χ1) is 26.2. The highest BCUT2D eigenvalue weighted by Gasteiger charge is 2.54. The number of β-amino-alcohol motifs (C(OH)–C–C–N with tert-alkyl or cyclic N) is 1. The minimum absolute atomic E-state index is 0.0594. The number of ether oxygens (including phenoxy) is 2. The number of aliphatic hydroxyl groups is 1. The van der Waals surface area contributed by atoms with E-state index < -0.39 is 52.4 Å². The zero-order valence-electron chi connectivity index (χ0n) is 31.8. The van der Waals surface area contributed by atoms with Gasteiger partial charge in [-0.15, -0.1) is 11.3 Å². The Kier molecular flexibility index (Phi) is 13.4. The topological polar surface area (TPSA) is 171 Å². The van der Waals surface area contributed by atoms with E-state index in [0.717, 1.165) is 53.1 Å². The molecular weight excluding hydrogens is 750 g/mol. The van der Waals surface area contributed by atoms with Gasteiger partial charge in [0.15, 0.2) is 5.67 Å². The van der Waals surface area contributed by atoms with Gasteiger partial charge in [0, 0.05) is 37.4 Å². The SMILES string of the molecule is Cc1ncsc1-c1ccc(CNC(=O)[C@@H]2C[C@@H](O)CN2C(=O)[C@@H](NC(=O)C2(F)CC2)C(C)(C)SCC2CCC(COC[C@H]3CN(C(=O)O)CCO3)CC2)cc1. The number of thioether (sulfide) groups is 1. The van der Waals surface area contributed by atoms with Gasteiger partial charge in [-0.05, 0) is 88.0 Å². The number of aliphatic hydroxyl groups excluding tert-OH is 1. The highest BCUT2D eigenvalue weighted by molar-refractivity contribution is 8.00. The molecule has 4 aliphatic rings. The number of thiazole rings is 1. The summed E-state index contributed by atoms with van der Waals surface area (Å²) < 4.78 is 25.8. The minimum atomic E-state index is -1.99. The van der Waals surface area contributed by atoms with E-state index in [1.54, 1.807) is 28.6 Å². The van der Waals surface area contributed by atoms with Gasteiger partial charge in [0.1, 0.15) is 12.1 Å². The fraction of sp³-hybridized carbons (Fsp3) is 0.667. The zero-order chi connectivity index (χ0) is 39.3. The number of hydrogen-bond donors (Lipinski definition) is 4. The second kappa shape index (κ2) is 17.9. The monoisotopic (exact) mass is 803 g/mol. The van der Waals surface area contributed by atoms with Gasteiger partial charge < -0.3 is 40.1 Å². The van der Waals surface area contributed by atoms with Crippen molar-refractivity contribution in [2.24, 2.45) is 11.8 Å². The van der Waals surface area contributed by atoms with Gasteiger partial charge in [-0.1, -0.05) is 24.3 Å². The van der Waals surface area contributed by atoms with Crippen LogP contribution in [0, 0.1) is 18.8 Å². The summed E-state index contributed by atoms with van der Waals surface area (Å²) >= 11 is 3.13. The van der Waals surface area contributed by atoms with Gasteiger partial charge in [0.25, 0.3) is 5.91 Å². The zero-order valence-corrected chi connectivity index (χ0v) is 33.5. The number of nitrogens with zero attached hydrogens (tertiary/aromatic N) is 3. The minimum Gasteiger partial charge on any atom is -0.465 e. The number of aromatic nitrogens is 1. The Labute approximate surface area is 330 Å². The Hall–Kier alpha value is -3.31. The second-order valence-corrected chi connectivity index (χ2v) is 18.5. The molecule has 1 aromatic carbocycles. The smallest absolute Gasteiger partial charge is 0.407 e. The number of likely N-dealkylation sites (tertiary alicyclic amines) is 1. The maximum Gasteiger partial charge on any atom is 0.407 e. The lowest BCUT2D eigenvalue weighted by molar-refractivity contribution is -0.143. The summed E-state index contributed by atoms with van der Waals surface area (Å²) in [5.74, 6) is -0.228. The molecular formula is C39H54FN5O8S2. The molecule has 2 saturated heterocycles. The molecule has 0 spiro atoms. The number of halogens is 1. The number of alkyl halides is 1. The molecule has 2 aliphatic carbocycles. The highest BCUT2D eigenvalue weighted by Crippen LogP contribution is 2.42. The van der Waals surface area contributed by atoms with Gasteiger partial charge in [-0.25, -0.2) is 14.2 Å². The van der Waals surface area contributed by atoms with Gasteiger partial charge in [0.2, 0.25) is 11.8 Å². The Morgan fingerprint density at radius 1 is 1.11 bits per heavy atom. The van der Waals surface area contributed by atoms with E-state index in [4.69, 9.17) is 9.47 Å². The van der Waals surface area contributed by atoms with E-state index in [9.17, 15) is 33.8 Å². The van der Waals surface area contributed by atoms with Crippen LogP contribution in [0.4, 0.5) is 9.18 Å². The summed E-state index contributed by atoms with van der Waals surface area (Å²) in [4.78, 5) is 60.4. The Balaban J connectivity index is 1.02. The quantitative estimate of drug-likeness (QED) is 0.203. The lowest BCUT2D eigenvalue weighted by Gasteiger charge is -2.38. The number of carbonyl (C=O) groups excluding carboxylic acids is 3. The van der Waals surface area contributed by atoms with E-state index in [-0.39, 0.29) is 38.5 Å². The van der Waals surface area contributed by atoms with Crippen LogP contribution in [0.2, 0.25) is 0 Å². The van der Waals surface area contributed by atoms with Crippen molar-refractivity contribution >= 4 is 46.9 Å². The molecule has 0 radical (unpaired) electrons. The van der Waals surface area contributed by atoms with Gasteiger partial charge in [-0.3, -0.25) is 14.4 Å². The molecule has 13 nitrogen and oxygen atoms in total. The maximum atomic E-state index is 15.0. The first kappa shape index (κ1) is 41.3. The van der Waals surface area contributed by atoms with Crippen LogP contribution in [0.1, 0.15) is 70.1 Å². The van der Waals surface area contributed by atoms with Crippen molar-refractivity contribution in [3.05, 3.63) is 41.0 Å². The fourth-order valence-corrected chi connectivity index (χ4v) is 9.74. The Morgan fingerprint density at radius 2 is 1.82 bits per heavy atom. The van der Waals surface area contributed by atoms with Crippen molar-refractivity contribution in [2.45, 2.75) is 107 Å². The van der Waals surface area contributed by atoms with Crippen LogP contribution >= 0.6 is 23.1 Å². The summed E-state index contributed by atoms with van der Waals surface area (Å²) in [6.07, 6.45) is 2.02. The van der Waals surface area contributed by atoms with E-state index in [2.05, 4.69) is 15.6 Å². The molecule has 1 aromatic heterocycles. The van der Waals surface area contributed by atoms with E-state index >= 15 is 0 Å². The molecule has 4 N–H and O–H groups in total. The van der Waals surface area contributed by atoms with Crippen molar-refractivity contribution in [3.63, 3.8) is 0 Å². The van der Waals surface area contributed by atoms with Crippen LogP contribution in [0.3, 0.4) is 0 Å². The summed E-state index contributed by atoms with van der Waals surface area (Å²) in [5, 5.41) is 25.6. The second-order valence-electron chi connectivity index (χ2n) is 16.0. The summed E-state index contributed by atoms with van der Waals surface area (Å²) in [7, 11) is 0. The number of aryl methyl sites for hydroxylation is 1. The first-order valence-corrected chi connectivity index (χ1v) is 21.2. The molecule has 302 valence electrons. The molecule has 4 amide bonds. The third-order valence-electron chi connectivity index (χ3n) is 11.3. The molecule has 4 fully saturated rings. The standard InChI is InChI=1S/C39H54FN5O8S2/c1-24-32(54-23-42-24)28-10-8-25(9-11-28)17-41-34(47)31-16-29(46)18-45(31)35(48)33(43-36(49)39(40)12-13-39)38(2,3)55-22-27-6-4-26(5-7-27)20-52-21-30-19-44(37(50)51)14-15-53-30/h8-11,23,26-27,29-31,33,46H,4-7,12-22H2,1-3H3,(H,41,47)(H,43,49)(H,50,51)/t26?,27?,29-,30-,31+,33-/m1/s1. The predicted octanol–water partition coefficient (Wildman–Crippen LogP) is 4.40. The molecule has 0 bridgehead atoms. The number of rotatable bonds is 15. The third kappa shape index (κ3) is 10.6. The summed E-state index contributed by atoms with van der Waals surface area (Å²) in [6, 6.07) is 5.77. The van der Waals surface area contributed by atoms with Crippen molar-refractivity contribution < 1.29 is 43.3 Å². The average molecular weight is 804 g/mol. The van der Waals surface area contributed by atoms with Crippen LogP contribution in [-0.2, 0) is 30.4 Å². The number of hydrogen-bond acceptors (Lipinski definition) is 10. The number of carboxylic acid groups (broad SMARTS) is 1. The van der Waals surface area contributed by atoms with Crippen LogP contribution in [0.15, 0.2) is 29.8 Å². The van der Waals surface area contributed by atoms with Crippen LogP contribution < -0.4 is 10.6 Å². The number of carbonyl (C=O) groups is 4. The fourth-order valence-electron chi connectivity index (χ4n) is 7.60. The molecule has 16 heteroatoms. The van der Waals surface area contributed by atoms with Crippen molar-refractivity contribution in [1.82, 2.24) is 25.4 Å². The molecule has 4 atom stereocenters. The van der Waals surface area contributed by atoms with Crippen molar-refractivity contribution in [3.8, 4) is 10.4 Å². The van der Waals surface area contributed by atoms with E-state index in [0.29, 0.717) is 44.7 Å². The van der Waals surface area contributed by atoms with Crippen molar-refractivity contribution in [1.29, 1.82) is 0 Å². The molecule has 55 heavy (non-hydrogen) atoms. The van der Waals surface area contributed by atoms with Gasteiger partial charge in [0.05, 0.1) is 48.0 Å². The lowest BCUT2D eigenvalue weighted by Crippen LogP contribution is -2.61. The molecule has 2 aliphatic heterocycles. The van der Waals surface area contributed by atoms with Crippen molar-refractivity contribution in [2.75, 3.05) is 45.2 Å². The summed E-state index contributed by atoms with van der Waals surface area (Å²) in [5.41, 5.74) is 2.68. The molecule has 0 unspecified atom stereocenters. The van der Waals surface area contributed by atoms with E-state index in [1.165, 1.54) is 9.80 Å². The highest BCUT2D eigenvalue weighted by atomic mass is 32.2. The normalized spacial score (nSPS) is 25.7. The van der Waals surface area contributed by atoms with Crippen LogP contribution in [0.5, 0.6) is 0 Å². The van der Waals surface area contributed by atoms with Crippen LogP contribution in [-0.4, -0.2) is 129 Å². The third-order valence-corrected chi connectivity index (χ3v) is 13.9. The van der Waals surface area contributed by atoms with Crippen LogP contribution in [0.25, 0.3) is 10.4 Å². The maximum absolute atomic E-state index is 15.0. The summed E-state index contributed by atoms with van der Waals surface area (Å²) in [6.45, 7) is 7.85. The number of benzene rings is 1. The first-order valence-electron chi connectivity index (χ1n) is 19.3. The van der Waals surface area contributed by atoms with Gasteiger partial charge in [-0.2, -0.15) is 11.8 Å². The van der Waals surface area contributed by atoms with Gasteiger partial charge >= 0.3 is 6.09 Å². The van der Waals surface area contributed by atoms with E-state index in [1.807, 2.05) is 45.0 Å². The number of morpholine rings is 1. The number of nitrogens with one attached hydrogen (secondary N) is 2. The molecule has 2 saturated carbocycles.